The number of quaternary nitrogens is 1. The van der Waals surface area contributed by atoms with Crippen LogP contribution in [-0.2, 0) is 16.1 Å². The van der Waals surface area contributed by atoms with Gasteiger partial charge in [0.2, 0.25) is 0 Å². The van der Waals surface area contributed by atoms with Gasteiger partial charge < -0.3 is 14.2 Å². The van der Waals surface area contributed by atoms with Crippen LogP contribution in [0.15, 0.2) is 34.6 Å². The molecule has 1 unspecified atom stereocenters. The monoisotopic (exact) mass is 423 g/mol. The maximum atomic E-state index is 13.0. The van der Waals surface area contributed by atoms with Gasteiger partial charge in [0, 0.05) is 36.1 Å². The molecule has 0 spiro atoms. The molecule has 6 rings (SSSR count). The molecular weight excluding hydrogens is 388 g/mol. The molecule has 5 aliphatic rings. The summed E-state index contributed by atoms with van der Waals surface area (Å²) in [7, 11) is 0. The zero-order valence-electron chi connectivity index (χ0n) is 18.8. The fourth-order valence-corrected chi connectivity index (χ4v) is 7.88. The number of hydrogen-bond acceptors (Lipinski definition) is 3. The van der Waals surface area contributed by atoms with Crippen molar-refractivity contribution in [2.45, 2.75) is 64.5 Å². The van der Waals surface area contributed by atoms with E-state index in [0.29, 0.717) is 17.8 Å². The Bertz CT molecular complexity index is 997. The molecule has 166 valence electrons. The van der Waals surface area contributed by atoms with Crippen molar-refractivity contribution in [1.29, 1.82) is 0 Å². The van der Waals surface area contributed by atoms with Gasteiger partial charge in [0.05, 0.1) is 19.6 Å². The first-order valence-electron chi connectivity index (χ1n) is 12.4. The number of ether oxygens (including phenoxy) is 1. The molecule has 4 heterocycles. The third-order valence-corrected chi connectivity index (χ3v) is 9.26. The first-order chi connectivity index (χ1) is 14.9. The Hall–Kier alpha value is -1.88. The highest BCUT2D eigenvalue weighted by Crippen LogP contribution is 2.53. The molecule has 5 heteroatoms. The summed E-state index contributed by atoms with van der Waals surface area (Å²) < 4.78 is 7.98. The molecule has 1 N–H and O–H groups in total. The van der Waals surface area contributed by atoms with Gasteiger partial charge >= 0.3 is 5.97 Å². The summed E-state index contributed by atoms with van der Waals surface area (Å²) in [6.07, 6.45) is 8.52. The van der Waals surface area contributed by atoms with E-state index in [-0.39, 0.29) is 34.9 Å². The molecule has 1 saturated carbocycles. The fraction of sp³-hybridized carbons (Fsp3) is 0.692. The molecule has 2 saturated heterocycles. The van der Waals surface area contributed by atoms with Crippen LogP contribution in [0.5, 0.6) is 0 Å². The van der Waals surface area contributed by atoms with Crippen LogP contribution in [0.25, 0.3) is 0 Å². The number of likely N-dealkylation sites (tertiary alicyclic amines) is 1. The highest BCUT2D eigenvalue weighted by molar-refractivity contribution is 5.76. The highest BCUT2D eigenvalue weighted by Gasteiger charge is 2.53. The summed E-state index contributed by atoms with van der Waals surface area (Å²) in [5.41, 5.74) is 3.15. The number of pyridine rings is 1. The van der Waals surface area contributed by atoms with E-state index in [0.717, 1.165) is 32.6 Å². The van der Waals surface area contributed by atoms with Gasteiger partial charge in [-0.05, 0) is 43.1 Å². The Morgan fingerprint density at radius 2 is 2.13 bits per heavy atom. The van der Waals surface area contributed by atoms with Crippen LogP contribution >= 0.6 is 0 Å². The number of nitrogens with one attached hydrogen (secondary N) is 1. The maximum Gasteiger partial charge on any atom is 0.315 e. The fourth-order valence-electron chi connectivity index (χ4n) is 7.88. The number of aromatic nitrogens is 1. The van der Waals surface area contributed by atoms with Gasteiger partial charge in [0.25, 0.3) is 5.56 Å². The molecular formula is C26H35N2O3+. The van der Waals surface area contributed by atoms with E-state index < -0.39 is 0 Å². The van der Waals surface area contributed by atoms with Crippen molar-refractivity contribution in [2.75, 3.05) is 19.6 Å². The van der Waals surface area contributed by atoms with Crippen LogP contribution in [0.3, 0.4) is 0 Å². The lowest BCUT2D eigenvalue weighted by Crippen LogP contribution is -3.15. The normalized spacial score (nSPS) is 43.4. The van der Waals surface area contributed by atoms with Gasteiger partial charge in [0.15, 0.2) is 0 Å². The topological polar surface area (TPSA) is 52.7 Å². The van der Waals surface area contributed by atoms with Gasteiger partial charge in [-0.1, -0.05) is 38.0 Å². The Morgan fingerprint density at radius 1 is 1.26 bits per heavy atom. The van der Waals surface area contributed by atoms with Crippen molar-refractivity contribution in [3.8, 4) is 0 Å². The molecule has 8 atom stereocenters. The molecule has 3 aliphatic heterocycles. The quantitative estimate of drug-likeness (QED) is 0.586. The molecule has 0 aromatic carbocycles. The van der Waals surface area contributed by atoms with Gasteiger partial charge in [-0.3, -0.25) is 9.59 Å². The Kier molecular flexibility index (Phi) is 4.51. The van der Waals surface area contributed by atoms with E-state index in [1.54, 1.807) is 11.6 Å². The van der Waals surface area contributed by atoms with Gasteiger partial charge in [0.1, 0.15) is 12.0 Å². The van der Waals surface area contributed by atoms with Gasteiger partial charge in [-0.15, -0.1) is 0 Å². The summed E-state index contributed by atoms with van der Waals surface area (Å²) in [5.74, 6) is 1.86. The zero-order valence-corrected chi connectivity index (χ0v) is 18.8. The highest BCUT2D eigenvalue weighted by atomic mass is 16.6. The molecule has 1 aromatic rings. The van der Waals surface area contributed by atoms with E-state index in [1.165, 1.54) is 36.3 Å². The average molecular weight is 424 g/mol. The number of allylic oxidation sites excluding steroid dienone is 1. The lowest BCUT2D eigenvalue weighted by molar-refractivity contribution is -0.913. The number of nitrogens with zero attached hydrogens (tertiary/aromatic N) is 1. The van der Waals surface area contributed by atoms with Crippen molar-refractivity contribution in [3.05, 3.63) is 45.9 Å². The minimum Gasteiger partial charge on any atom is -0.461 e. The summed E-state index contributed by atoms with van der Waals surface area (Å²) in [6, 6.07) is 5.71. The first-order valence-corrected chi connectivity index (χ1v) is 12.4. The van der Waals surface area contributed by atoms with Crippen LogP contribution in [0, 0.1) is 29.1 Å². The molecule has 2 aliphatic carbocycles. The zero-order chi connectivity index (χ0) is 21.3. The van der Waals surface area contributed by atoms with E-state index in [9.17, 15) is 9.59 Å². The number of piperidine rings is 1. The number of carbonyl (C=O) groups excluding carboxylic acids is 1. The van der Waals surface area contributed by atoms with E-state index in [2.05, 4.69) is 26.0 Å². The molecule has 31 heavy (non-hydrogen) atoms. The Labute approximate surface area is 184 Å². The molecule has 0 amide bonds. The molecule has 5 nitrogen and oxygen atoms in total. The lowest BCUT2D eigenvalue weighted by atomic mass is 9.59. The molecule has 3 fully saturated rings. The molecule has 2 bridgehead atoms. The van der Waals surface area contributed by atoms with Crippen molar-refractivity contribution >= 4 is 5.97 Å². The van der Waals surface area contributed by atoms with E-state index in [4.69, 9.17) is 4.74 Å². The Balaban J connectivity index is 1.24. The van der Waals surface area contributed by atoms with Gasteiger partial charge in [-0.2, -0.15) is 0 Å². The van der Waals surface area contributed by atoms with Gasteiger partial charge in [-0.25, -0.2) is 0 Å². The van der Waals surface area contributed by atoms with Crippen molar-refractivity contribution in [2.24, 2.45) is 29.1 Å². The second-order valence-electron chi connectivity index (χ2n) is 11.4. The number of hydrogen-bond donors (Lipinski definition) is 1. The van der Waals surface area contributed by atoms with Crippen molar-refractivity contribution < 1.29 is 14.4 Å². The Morgan fingerprint density at radius 3 is 3.00 bits per heavy atom. The second kappa shape index (κ2) is 7.06. The summed E-state index contributed by atoms with van der Waals surface area (Å²) in [4.78, 5) is 26.8. The smallest absolute Gasteiger partial charge is 0.315 e. The minimum atomic E-state index is -0.0111. The number of esters is 1. The number of carbonyl (C=O) groups is 1. The molecule has 0 radical (unpaired) electrons. The minimum absolute atomic E-state index is 0.0111. The van der Waals surface area contributed by atoms with Crippen molar-refractivity contribution in [1.82, 2.24) is 4.57 Å². The number of rotatable bonds is 2. The summed E-state index contributed by atoms with van der Waals surface area (Å²) >= 11 is 0. The van der Waals surface area contributed by atoms with Crippen LogP contribution in [0.4, 0.5) is 0 Å². The maximum absolute atomic E-state index is 13.0. The van der Waals surface area contributed by atoms with Crippen molar-refractivity contribution in [3.63, 3.8) is 0 Å². The predicted octanol–water partition coefficient (Wildman–Crippen LogP) is 2.16. The van der Waals surface area contributed by atoms with Crippen LogP contribution in [0.1, 0.15) is 57.6 Å². The van der Waals surface area contributed by atoms with Crippen LogP contribution in [0.2, 0.25) is 0 Å². The predicted molar refractivity (Wildman–Crippen MR) is 118 cm³/mol. The summed E-state index contributed by atoms with van der Waals surface area (Å²) in [6.45, 7) is 8.54. The molecule has 1 aromatic heterocycles. The van der Waals surface area contributed by atoms with E-state index in [1.807, 2.05) is 10.6 Å². The van der Waals surface area contributed by atoms with E-state index >= 15 is 0 Å². The third kappa shape index (κ3) is 3.14. The third-order valence-electron chi connectivity index (χ3n) is 9.26. The average Bonchev–Trinajstić information content (AvgIpc) is 3.01. The summed E-state index contributed by atoms with van der Waals surface area (Å²) in [5, 5.41) is 0. The number of fused-ring (bicyclic) bond motifs is 6. The van der Waals surface area contributed by atoms with Crippen LogP contribution in [-0.4, -0.2) is 36.3 Å². The largest absolute Gasteiger partial charge is 0.461 e. The standard InChI is InChI=1S/C26H34N2O3/c1-16-5-4-8-26(2)11-23-19(10-21(16)26)20(25(30)31-23)15-27-12-17-9-18(14-27)22-6-3-7-24(29)28(22)13-17/h3,6-7,10,16-20,23H,4-5,8-9,11-15H2,1-2H3/p+1/t16-,17+,18-,19+,20+,23+,26+/m0/s1. The SMILES string of the molecule is C[C@H]1CCC[C@]2(C)C[C@H]3OC(=O)[C@H](C[NH+]4C[C@H]5C[C@@H](C4)c4cccc(=O)n4C5)[C@H]3C=C12. The lowest BCUT2D eigenvalue weighted by Gasteiger charge is -2.46. The first kappa shape index (κ1) is 19.8. The second-order valence-corrected chi connectivity index (χ2v) is 11.4. The van der Waals surface area contributed by atoms with Crippen LogP contribution < -0.4 is 10.5 Å².